The second-order valence-electron chi connectivity index (χ2n) is 13.1. The van der Waals surface area contributed by atoms with Crippen molar-refractivity contribution in [2.45, 2.75) is 61.9 Å². The number of piperidine rings is 1. The van der Waals surface area contributed by atoms with E-state index in [4.69, 9.17) is 23.4 Å². The predicted molar refractivity (Wildman–Crippen MR) is 168 cm³/mol. The molecule has 1 saturated heterocycles. The van der Waals surface area contributed by atoms with E-state index in [2.05, 4.69) is 23.1 Å². The van der Waals surface area contributed by atoms with Crippen LogP contribution in [0, 0.1) is 16.0 Å². The van der Waals surface area contributed by atoms with Gasteiger partial charge < -0.3 is 23.4 Å². The summed E-state index contributed by atoms with van der Waals surface area (Å²) in [5.41, 5.74) is 4.11. The molecule has 1 saturated carbocycles. The fourth-order valence-corrected chi connectivity index (χ4v) is 8.86. The van der Waals surface area contributed by atoms with Gasteiger partial charge in [0.1, 0.15) is 16.9 Å². The molecule has 3 aromatic carbocycles. The van der Waals surface area contributed by atoms with E-state index in [1.165, 1.54) is 30.0 Å². The molecule has 1 aromatic heterocycles. The first-order valence-electron chi connectivity index (χ1n) is 15.6. The lowest BCUT2D eigenvalue weighted by atomic mass is 9.49. The van der Waals surface area contributed by atoms with Gasteiger partial charge in [0.05, 0.1) is 16.9 Å². The SMILES string of the molecule is COCOc1ccc2c3c1O[C@H]1c4oc5ccccc5c4C[C@@]4(OCc5cccc([N+](=O)[O-])c5)[C@@H](C2)N(CC2CC2)CC[C@]314.Cl. The minimum absolute atomic E-state index is 0. The molecule has 2 bridgehead atoms. The summed E-state index contributed by atoms with van der Waals surface area (Å²) in [6.07, 6.45) is 4.51. The van der Waals surface area contributed by atoms with E-state index in [1.807, 2.05) is 24.3 Å². The van der Waals surface area contributed by atoms with Gasteiger partial charge in [0.15, 0.2) is 24.4 Å². The average Bonchev–Trinajstić information content (AvgIpc) is 3.68. The smallest absolute Gasteiger partial charge is 0.269 e. The zero-order chi connectivity index (χ0) is 29.6. The Balaban J connectivity index is 0.00000300. The van der Waals surface area contributed by atoms with Crippen molar-refractivity contribution >= 4 is 29.1 Å². The van der Waals surface area contributed by atoms with Crippen molar-refractivity contribution in [3.8, 4) is 11.5 Å². The zero-order valence-electron chi connectivity index (χ0n) is 25.0. The highest BCUT2D eigenvalue weighted by Gasteiger charge is 2.74. The summed E-state index contributed by atoms with van der Waals surface area (Å²) < 4.78 is 32.5. The summed E-state index contributed by atoms with van der Waals surface area (Å²) >= 11 is 0. The third-order valence-electron chi connectivity index (χ3n) is 10.8. The summed E-state index contributed by atoms with van der Waals surface area (Å²) in [5.74, 6) is 3.02. The molecule has 45 heavy (non-hydrogen) atoms. The number of furan rings is 1. The maximum atomic E-state index is 11.6. The van der Waals surface area contributed by atoms with Crippen LogP contribution in [-0.2, 0) is 34.3 Å². The molecule has 0 radical (unpaired) electrons. The number of rotatable bonds is 9. The van der Waals surface area contributed by atoms with Gasteiger partial charge in [-0.1, -0.05) is 36.4 Å². The molecule has 0 amide bonds. The zero-order valence-corrected chi connectivity index (χ0v) is 25.8. The fourth-order valence-electron chi connectivity index (χ4n) is 8.86. The number of nitro groups is 1. The number of benzene rings is 3. The number of halogens is 1. The van der Waals surface area contributed by atoms with Gasteiger partial charge in [0.2, 0.25) is 0 Å². The normalized spacial score (nSPS) is 27.3. The van der Waals surface area contributed by atoms with Crippen molar-refractivity contribution in [1.29, 1.82) is 0 Å². The monoisotopic (exact) mass is 630 g/mol. The summed E-state index contributed by atoms with van der Waals surface area (Å²) in [4.78, 5) is 14.0. The number of ether oxygens (including phenoxy) is 4. The molecule has 3 heterocycles. The minimum Gasteiger partial charge on any atom is -0.477 e. The van der Waals surface area contributed by atoms with E-state index in [1.54, 1.807) is 19.2 Å². The quantitative estimate of drug-likeness (QED) is 0.115. The Kier molecular flexibility index (Phi) is 6.69. The Labute approximate surface area is 266 Å². The fraction of sp³-hybridized carbons (Fsp3) is 0.429. The van der Waals surface area contributed by atoms with Crippen molar-refractivity contribution in [2.24, 2.45) is 5.92 Å². The summed E-state index contributed by atoms with van der Waals surface area (Å²) in [7, 11) is 1.62. The van der Waals surface area contributed by atoms with Crippen LogP contribution < -0.4 is 9.47 Å². The van der Waals surface area contributed by atoms with Gasteiger partial charge in [-0.05, 0) is 61.4 Å². The topological polar surface area (TPSA) is 96.4 Å². The van der Waals surface area contributed by atoms with Crippen LogP contribution in [0.15, 0.2) is 65.1 Å². The highest BCUT2D eigenvalue weighted by atomic mass is 35.5. The molecule has 2 fully saturated rings. The maximum Gasteiger partial charge on any atom is 0.269 e. The molecular formula is C35H35ClN2O7. The van der Waals surface area contributed by atoms with Crippen molar-refractivity contribution in [3.05, 3.63) is 98.8 Å². The molecule has 9 rings (SSSR count). The molecule has 2 aliphatic heterocycles. The molecule has 4 atom stereocenters. The van der Waals surface area contributed by atoms with Crippen molar-refractivity contribution in [2.75, 3.05) is 27.0 Å². The average molecular weight is 631 g/mol. The first-order chi connectivity index (χ1) is 21.5. The third kappa shape index (κ3) is 4.03. The molecule has 0 N–H and O–H groups in total. The predicted octanol–water partition coefficient (Wildman–Crippen LogP) is 6.67. The number of likely N-dealkylation sites (tertiary alicyclic amines) is 1. The van der Waals surface area contributed by atoms with E-state index >= 15 is 0 Å². The van der Waals surface area contributed by atoms with Crippen LogP contribution in [-0.4, -0.2) is 48.5 Å². The van der Waals surface area contributed by atoms with E-state index in [0.29, 0.717) is 12.2 Å². The highest BCUT2D eigenvalue weighted by molar-refractivity contribution is 5.85. The van der Waals surface area contributed by atoms with Crippen LogP contribution in [0.3, 0.4) is 0 Å². The van der Waals surface area contributed by atoms with Gasteiger partial charge in [0, 0.05) is 54.8 Å². The van der Waals surface area contributed by atoms with Gasteiger partial charge in [-0.2, -0.15) is 0 Å². The minimum atomic E-state index is -0.660. The van der Waals surface area contributed by atoms with Gasteiger partial charge in [-0.25, -0.2) is 0 Å². The number of methoxy groups -OCH3 is 1. The first-order valence-corrected chi connectivity index (χ1v) is 15.6. The maximum absolute atomic E-state index is 11.6. The van der Waals surface area contributed by atoms with Gasteiger partial charge >= 0.3 is 0 Å². The molecule has 1 spiro atoms. The Morgan fingerprint density at radius 1 is 1.11 bits per heavy atom. The summed E-state index contributed by atoms with van der Waals surface area (Å²) in [6.45, 7) is 2.39. The first kappa shape index (κ1) is 28.8. The number of hydrogen-bond donors (Lipinski definition) is 0. The van der Waals surface area contributed by atoms with E-state index < -0.39 is 17.1 Å². The van der Waals surface area contributed by atoms with Gasteiger partial charge in [-0.3, -0.25) is 15.0 Å². The number of fused-ring (bicyclic) bond motifs is 4. The number of nitrogens with zero attached hydrogens (tertiary/aromatic N) is 2. The lowest BCUT2D eigenvalue weighted by Gasteiger charge is -2.64. The van der Waals surface area contributed by atoms with E-state index in [0.717, 1.165) is 65.5 Å². The lowest BCUT2D eigenvalue weighted by Crippen LogP contribution is -2.75. The number of nitro benzene ring substituents is 1. The molecule has 3 aliphatic carbocycles. The number of para-hydroxylation sites is 1. The van der Waals surface area contributed by atoms with Crippen molar-refractivity contribution < 1.29 is 28.3 Å². The molecule has 9 nitrogen and oxygen atoms in total. The van der Waals surface area contributed by atoms with Crippen LogP contribution in [0.1, 0.15) is 53.4 Å². The highest BCUT2D eigenvalue weighted by Crippen LogP contribution is 2.70. The second kappa shape index (κ2) is 10.5. The Morgan fingerprint density at radius 2 is 1.98 bits per heavy atom. The Hall–Kier alpha value is -3.63. The standard InChI is InChI=1S/C35H34N2O7.ClH/c1-40-20-41-28-12-11-23-16-29-35(42-19-22-5-4-6-24(15-22)37(38)39)17-26-25-7-2-3-8-27(25)43-31(26)33-34(35,30(23)32(28)44-33)13-14-36(29)18-21-9-10-21;/h2-8,11-12,15,21,29,33H,9-10,13-14,16-20H2,1H3;1H/t29-,33+,34+,35-;/m1./s1. The van der Waals surface area contributed by atoms with Gasteiger partial charge in [-0.15, -0.1) is 12.4 Å². The Bertz CT molecular complexity index is 1820. The lowest BCUT2D eigenvalue weighted by molar-refractivity contribution is -0.385. The summed E-state index contributed by atoms with van der Waals surface area (Å²) in [6, 6.07) is 19.4. The van der Waals surface area contributed by atoms with Crippen molar-refractivity contribution in [1.82, 2.24) is 4.90 Å². The molecule has 10 heteroatoms. The van der Waals surface area contributed by atoms with Crippen LogP contribution >= 0.6 is 12.4 Å². The van der Waals surface area contributed by atoms with Crippen molar-refractivity contribution in [3.63, 3.8) is 0 Å². The van der Waals surface area contributed by atoms with Gasteiger partial charge in [0.25, 0.3) is 5.69 Å². The molecule has 234 valence electrons. The van der Waals surface area contributed by atoms with Crippen LogP contribution in [0.25, 0.3) is 11.0 Å². The summed E-state index contributed by atoms with van der Waals surface area (Å²) in [5, 5.41) is 12.7. The van der Waals surface area contributed by atoms with E-state index in [9.17, 15) is 10.1 Å². The van der Waals surface area contributed by atoms with Crippen LogP contribution in [0.2, 0.25) is 0 Å². The molecule has 4 aromatic rings. The Morgan fingerprint density at radius 3 is 2.80 bits per heavy atom. The number of hydrogen-bond acceptors (Lipinski definition) is 8. The van der Waals surface area contributed by atoms with Crippen LogP contribution in [0.4, 0.5) is 5.69 Å². The molecular weight excluding hydrogens is 596 g/mol. The molecule has 5 aliphatic rings. The van der Waals surface area contributed by atoms with E-state index in [-0.39, 0.29) is 42.5 Å². The molecule has 0 unspecified atom stereocenters. The third-order valence-corrected chi connectivity index (χ3v) is 10.8. The second-order valence-corrected chi connectivity index (χ2v) is 13.1. The largest absolute Gasteiger partial charge is 0.477 e. The number of non-ortho nitro benzene ring substituents is 1. The van der Waals surface area contributed by atoms with Crippen LogP contribution in [0.5, 0.6) is 11.5 Å².